The SMILES string of the molecule is Cc1c(C(=O)OBr)cccc1[N+](=O)[O-]. The summed E-state index contributed by atoms with van der Waals surface area (Å²) in [4.78, 5) is 21.1. The van der Waals surface area contributed by atoms with Crippen molar-refractivity contribution in [1.82, 2.24) is 0 Å². The largest absolute Gasteiger partial charge is 0.380 e. The predicted octanol–water partition coefficient (Wildman–Crippen LogP) is 2.37. The fourth-order valence-electron chi connectivity index (χ4n) is 1.08. The van der Waals surface area contributed by atoms with Crippen LogP contribution in [0.15, 0.2) is 18.2 Å². The molecule has 0 aliphatic heterocycles. The molecule has 74 valence electrons. The molecule has 0 N–H and O–H groups in total. The molecule has 0 spiro atoms. The molecule has 0 heterocycles. The molecule has 0 aromatic heterocycles. The highest BCUT2D eigenvalue weighted by molar-refractivity contribution is 9.06. The van der Waals surface area contributed by atoms with E-state index in [4.69, 9.17) is 0 Å². The van der Waals surface area contributed by atoms with Crippen LogP contribution >= 0.6 is 16.3 Å². The molecular formula is C8H6BrNO4. The predicted molar refractivity (Wildman–Crippen MR) is 52.2 cm³/mol. The second kappa shape index (κ2) is 4.19. The summed E-state index contributed by atoms with van der Waals surface area (Å²) >= 11 is 2.53. The van der Waals surface area contributed by atoms with Crippen LogP contribution < -0.4 is 0 Å². The van der Waals surface area contributed by atoms with Gasteiger partial charge in [-0.1, -0.05) is 6.07 Å². The molecule has 0 amide bonds. The van der Waals surface area contributed by atoms with Gasteiger partial charge in [-0.2, -0.15) is 0 Å². The summed E-state index contributed by atoms with van der Waals surface area (Å²) < 4.78 is 4.30. The van der Waals surface area contributed by atoms with Gasteiger partial charge in [-0.05, 0) is 13.0 Å². The van der Waals surface area contributed by atoms with E-state index in [-0.39, 0.29) is 11.3 Å². The van der Waals surface area contributed by atoms with Crippen molar-refractivity contribution in [3.8, 4) is 0 Å². The van der Waals surface area contributed by atoms with E-state index in [1.807, 2.05) is 0 Å². The Labute approximate surface area is 88.3 Å². The van der Waals surface area contributed by atoms with E-state index in [9.17, 15) is 14.9 Å². The Morgan fingerprint density at radius 2 is 2.21 bits per heavy atom. The Hall–Kier alpha value is -1.43. The number of halogens is 1. The summed E-state index contributed by atoms with van der Waals surface area (Å²) in [5.41, 5.74) is 0.374. The van der Waals surface area contributed by atoms with E-state index in [2.05, 4.69) is 20.1 Å². The van der Waals surface area contributed by atoms with Gasteiger partial charge in [-0.15, -0.1) is 0 Å². The number of nitro groups is 1. The monoisotopic (exact) mass is 259 g/mol. The highest BCUT2D eigenvalue weighted by Gasteiger charge is 2.18. The van der Waals surface area contributed by atoms with E-state index in [0.717, 1.165) is 0 Å². The maximum absolute atomic E-state index is 11.1. The molecular weight excluding hydrogens is 254 g/mol. The Morgan fingerprint density at radius 3 is 2.71 bits per heavy atom. The molecule has 0 atom stereocenters. The first kappa shape index (κ1) is 10.6. The number of nitro benzene ring substituents is 1. The first-order valence-corrected chi connectivity index (χ1v) is 4.29. The van der Waals surface area contributed by atoms with Crippen LogP contribution in [-0.4, -0.2) is 10.9 Å². The van der Waals surface area contributed by atoms with E-state index in [1.165, 1.54) is 25.1 Å². The Bertz CT molecular complexity index is 391. The maximum Gasteiger partial charge on any atom is 0.350 e. The molecule has 0 radical (unpaired) electrons. The average Bonchev–Trinajstić information content (AvgIpc) is 2.16. The summed E-state index contributed by atoms with van der Waals surface area (Å²) in [5, 5.41) is 10.5. The molecule has 0 saturated carbocycles. The van der Waals surface area contributed by atoms with Crippen molar-refractivity contribution in [2.75, 3.05) is 0 Å². The minimum absolute atomic E-state index is 0.0969. The number of carbonyl (C=O) groups is 1. The quantitative estimate of drug-likeness (QED) is 0.604. The van der Waals surface area contributed by atoms with Crippen molar-refractivity contribution >= 4 is 27.9 Å². The fraction of sp³-hybridized carbons (Fsp3) is 0.125. The Kier molecular flexibility index (Phi) is 3.19. The maximum atomic E-state index is 11.1. The molecule has 1 aromatic rings. The summed E-state index contributed by atoms with van der Waals surface area (Å²) in [6.07, 6.45) is 0. The van der Waals surface area contributed by atoms with Gasteiger partial charge in [0.25, 0.3) is 5.69 Å². The highest BCUT2D eigenvalue weighted by atomic mass is 79.9. The van der Waals surface area contributed by atoms with Crippen LogP contribution in [0, 0.1) is 17.0 Å². The summed E-state index contributed by atoms with van der Waals surface area (Å²) in [5.74, 6) is -0.647. The van der Waals surface area contributed by atoms with Crippen LogP contribution in [0.1, 0.15) is 15.9 Å². The van der Waals surface area contributed by atoms with Gasteiger partial charge < -0.3 is 3.83 Å². The lowest BCUT2D eigenvalue weighted by atomic mass is 10.1. The zero-order valence-corrected chi connectivity index (χ0v) is 8.78. The molecule has 14 heavy (non-hydrogen) atoms. The van der Waals surface area contributed by atoms with Crippen LogP contribution in [0.5, 0.6) is 0 Å². The first-order valence-electron chi connectivity index (χ1n) is 3.65. The first-order chi connectivity index (χ1) is 6.57. The molecule has 0 saturated heterocycles. The van der Waals surface area contributed by atoms with E-state index >= 15 is 0 Å². The third-order valence-electron chi connectivity index (χ3n) is 1.79. The van der Waals surface area contributed by atoms with E-state index < -0.39 is 10.9 Å². The van der Waals surface area contributed by atoms with Crippen molar-refractivity contribution < 1.29 is 13.5 Å². The number of hydrogen-bond acceptors (Lipinski definition) is 4. The standard InChI is InChI=1S/C8H6BrNO4/c1-5-6(8(11)14-9)3-2-4-7(5)10(12)13/h2-4H,1H3. The van der Waals surface area contributed by atoms with E-state index in [0.29, 0.717) is 5.56 Å². The van der Waals surface area contributed by atoms with Gasteiger partial charge in [0.1, 0.15) is 0 Å². The number of carbonyl (C=O) groups excluding carboxylic acids is 1. The lowest BCUT2D eigenvalue weighted by molar-refractivity contribution is -0.385. The zero-order valence-electron chi connectivity index (χ0n) is 7.19. The molecule has 0 bridgehead atoms. The smallest absolute Gasteiger partial charge is 0.350 e. The molecule has 1 rings (SSSR count). The molecule has 1 aromatic carbocycles. The lowest BCUT2D eigenvalue weighted by Gasteiger charge is -2.01. The third-order valence-corrected chi connectivity index (χ3v) is 2.09. The number of benzene rings is 1. The van der Waals surface area contributed by atoms with Gasteiger partial charge in [0, 0.05) is 11.6 Å². The van der Waals surface area contributed by atoms with Crippen LogP contribution in [0.25, 0.3) is 0 Å². The van der Waals surface area contributed by atoms with Crippen molar-refractivity contribution in [3.05, 3.63) is 39.4 Å². The third kappa shape index (κ3) is 1.90. The highest BCUT2D eigenvalue weighted by Crippen LogP contribution is 2.21. The molecule has 0 aliphatic rings. The van der Waals surface area contributed by atoms with Gasteiger partial charge in [-0.25, -0.2) is 4.79 Å². The van der Waals surface area contributed by atoms with Gasteiger partial charge >= 0.3 is 5.97 Å². The van der Waals surface area contributed by atoms with Gasteiger partial charge in [0.2, 0.25) is 0 Å². The molecule has 0 fully saturated rings. The summed E-state index contributed by atoms with van der Waals surface area (Å²) in [7, 11) is 0. The second-order valence-corrected chi connectivity index (χ2v) is 2.90. The second-order valence-electron chi connectivity index (χ2n) is 2.57. The minimum atomic E-state index is -0.647. The molecule has 0 aliphatic carbocycles. The number of rotatable bonds is 2. The van der Waals surface area contributed by atoms with Gasteiger partial charge in [0.15, 0.2) is 16.3 Å². The normalized spacial score (nSPS) is 9.57. The van der Waals surface area contributed by atoms with Crippen molar-refractivity contribution in [3.63, 3.8) is 0 Å². The molecule has 5 nitrogen and oxygen atoms in total. The summed E-state index contributed by atoms with van der Waals surface area (Å²) in [6.45, 7) is 1.50. The number of nitrogens with zero attached hydrogens (tertiary/aromatic N) is 1. The fourth-order valence-corrected chi connectivity index (χ4v) is 1.26. The minimum Gasteiger partial charge on any atom is -0.380 e. The van der Waals surface area contributed by atoms with Crippen molar-refractivity contribution in [2.45, 2.75) is 6.92 Å². The van der Waals surface area contributed by atoms with Gasteiger partial charge in [0.05, 0.1) is 10.5 Å². The van der Waals surface area contributed by atoms with Crippen LogP contribution in [0.2, 0.25) is 0 Å². The van der Waals surface area contributed by atoms with Crippen molar-refractivity contribution in [1.29, 1.82) is 0 Å². The zero-order chi connectivity index (χ0) is 10.7. The lowest BCUT2D eigenvalue weighted by Crippen LogP contribution is -2.03. The summed E-state index contributed by atoms with van der Waals surface area (Å²) in [6, 6.07) is 4.23. The molecule has 6 heteroatoms. The van der Waals surface area contributed by atoms with Gasteiger partial charge in [-0.3, -0.25) is 10.1 Å². The molecule has 0 unspecified atom stereocenters. The van der Waals surface area contributed by atoms with Crippen LogP contribution in [-0.2, 0) is 3.83 Å². The van der Waals surface area contributed by atoms with Crippen molar-refractivity contribution in [2.24, 2.45) is 0 Å². The topological polar surface area (TPSA) is 69.4 Å². The van der Waals surface area contributed by atoms with E-state index in [1.54, 1.807) is 0 Å². The van der Waals surface area contributed by atoms with Crippen LogP contribution in [0.4, 0.5) is 5.69 Å². The average molecular weight is 260 g/mol. The number of hydrogen-bond donors (Lipinski definition) is 0. The Balaban J connectivity index is 3.27. The Morgan fingerprint density at radius 1 is 1.57 bits per heavy atom. The van der Waals surface area contributed by atoms with Crippen LogP contribution in [0.3, 0.4) is 0 Å².